The normalized spacial score (nSPS) is 16.6. The molecule has 0 radical (unpaired) electrons. The quantitative estimate of drug-likeness (QED) is 0.796. The summed E-state index contributed by atoms with van der Waals surface area (Å²) >= 11 is 0. The molecule has 0 aromatic heterocycles. The lowest BCUT2D eigenvalue weighted by Gasteiger charge is -2.27. The fourth-order valence-electron chi connectivity index (χ4n) is 1.63. The molecule has 0 spiro atoms. The van der Waals surface area contributed by atoms with E-state index in [1.54, 1.807) is 0 Å². The van der Waals surface area contributed by atoms with Gasteiger partial charge in [-0.05, 0) is 37.5 Å². The van der Waals surface area contributed by atoms with Crippen LogP contribution in [0.25, 0.3) is 0 Å². The van der Waals surface area contributed by atoms with E-state index in [2.05, 4.69) is 0 Å². The minimum Gasteiger partial charge on any atom is -0.490 e. The molecular formula is C11H12ClFO3S. The lowest BCUT2D eigenvalue weighted by Crippen LogP contribution is -2.25. The fraction of sp³-hybridized carbons (Fsp3) is 0.455. The predicted octanol–water partition coefficient (Wildman–Crippen LogP) is 2.83. The molecule has 1 aliphatic carbocycles. The zero-order chi connectivity index (χ0) is 12.5. The molecule has 0 saturated heterocycles. The van der Waals surface area contributed by atoms with Crippen LogP contribution in [0.4, 0.5) is 4.39 Å². The molecular weight excluding hydrogens is 267 g/mol. The highest BCUT2D eigenvalue weighted by atomic mass is 35.7. The molecule has 6 heteroatoms. The Labute approximate surface area is 104 Å². The Hall–Kier alpha value is -0.810. The number of halogens is 2. The van der Waals surface area contributed by atoms with E-state index in [0.29, 0.717) is 5.75 Å². The first kappa shape index (κ1) is 12.6. The Bertz CT molecular complexity index is 511. The summed E-state index contributed by atoms with van der Waals surface area (Å²) in [6, 6.07) is 3.84. The Morgan fingerprint density at radius 2 is 2.12 bits per heavy atom. The predicted molar refractivity (Wildman–Crippen MR) is 63.1 cm³/mol. The molecule has 17 heavy (non-hydrogen) atoms. The van der Waals surface area contributed by atoms with Crippen molar-refractivity contribution >= 4 is 19.7 Å². The summed E-state index contributed by atoms with van der Waals surface area (Å²) in [5.41, 5.74) is 0.270. The summed E-state index contributed by atoms with van der Waals surface area (Å²) in [6.45, 7) is 0. The van der Waals surface area contributed by atoms with Crippen LogP contribution in [0.1, 0.15) is 24.8 Å². The third-order valence-electron chi connectivity index (χ3n) is 2.70. The average molecular weight is 279 g/mol. The van der Waals surface area contributed by atoms with E-state index in [1.165, 1.54) is 12.1 Å². The Kier molecular flexibility index (Phi) is 3.58. The molecule has 0 aliphatic heterocycles. The smallest absolute Gasteiger partial charge is 0.236 e. The summed E-state index contributed by atoms with van der Waals surface area (Å²) in [5, 5.41) is 0. The lowest BCUT2D eigenvalue weighted by atomic mass is 9.96. The van der Waals surface area contributed by atoms with Gasteiger partial charge in [-0.1, -0.05) is 0 Å². The Morgan fingerprint density at radius 1 is 1.41 bits per heavy atom. The molecule has 0 amide bonds. The number of hydrogen-bond acceptors (Lipinski definition) is 3. The zero-order valence-electron chi connectivity index (χ0n) is 9.03. The summed E-state index contributed by atoms with van der Waals surface area (Å²) in [6.07, 6.45) is 3.11. The van der Waals surface area contributed by atoms with Gasteiger partial charge in [0.2, 0.25) is 9.05 Å². The van der Waals surface area contributed by atoms with Gasteiger partial charge >= 0.3 is 0 Å². The molecule has 0 heterocycles. The molecule has 1 aliphatic rings. The fourth-order valence-corrected chi connectivity index (χ4v) is 2.58. The maximum absolute atomic E-state index is 13.1. The van der Waals surface area contributed by atoms with Crippen LogP contribution in [0, 0.1) is 5.82 Å². The molecule has 1 aromatic rings. The van der Waals surface area contributed by atoms with Crippen LogP contribution in [0.5, 0.6) is 5.75 Å². The third kappa shape index (κ3) is 3.57. The highest BCUT2D eigenvalue weighted by Crippen LogP contribution is 2.29. The van der Waals surface area contributed by atoms with Gasteiger partial charge in [0.1, 0.15) is 11.6 Å². The van der Waals surface area contributed by atoms with Gasteiger partial charge in [0.25, 0.3) is 0 Å². The van der Waals surface area contributed by atoms with Gasteiger partial charge in [-0.15, -0.1) is 0 Å². The highest BCUT2D eigenvalue weighted by molar-refractivity contribution is 8.13. The van der Waals surface area contributed by atoms with E-state index >= 15 is 0 Å². The number of hydrogen-bond donors (Lipinski definition) is 0. The lowest BCUT2D eigenvalue weighted by molar-refractivity contribution is 0.119. The van der Waals surface area contributed by atoms with Crippen LogP contribution in [0.2, 0.25) is 0 Å². The Morgan fingerprint density at radius 3 is 2.65 bits per heavy atom. The van der Waals surface area contributed by atoms with Gasteiger partial charge in [0, 0.05) is 16.2 Å². The molecule has 1 saturated carbocycles. The van der Waals surface area contributed by atoms with E-state index < -0.39 is 20.6 Å². The number of ether oxygens (including phenoxy) is 1. The van der Waals surface area contributed by atoms with E-state index in [-0.39, 0.29) is 11.7 Å². The molecule has 0 N–H and O–H groups in total. The van der Waals surface area contributed by atoms with Crippen molar-refractivity contribution in [3.63, 3.8) is 0 Å². The van der Waals surface area contributed by atoms with Crippen LogP contribution < -0.4 is 4.74 Å². The number of benzene rings is 1. The molecule has 0 bridgehead atoms. The Balaban J connectivity index is 2.23. The SMILES string of the molecule is O=S(=O)(Cl)Cc1cc(F)ccc1OC1CCC1. The molecule has 1 aromatic carbocycles. The van der Waals surface area contributed by atoms with Crippen molar-refractivity contribution in [3.8, 4) is 5.75 Å². The second kappa shape index (κ2) is 4.82. The van der Waals surface area contributed by atoms with Crippen LogP contribution in [0.3, 0.4) is 0 Å². The van der Waals surface area contributed by atoms with Gasteiger partial charge in [-0.2, -0.15) is 0 Å². The monoisotopic (exact) mass is 278 g/mol. The molecule has 2 rings (SSSR count). The zero-order valence-corrected chi connectivity index (χ0v) is 10.6. The van der Waals surface area contributed by atoms with Gasteiger partial charge in [-0.25, -0.2) is 12.8 Å². The maximum atomic E-state index is 13.1. The van der Waals surface area contributed by atoms with Crippen molar-refractivity contribution in [1.82, 2.24) is 0 Å². The standard InChI is InChI=1S/C11H12ClFO3S/c12-17(14,15)7-8-6-9(13)4-5-11(8)16-10-2-1-3-10/h4-6,10H,1-3,7H2. The van der Waals surface area contributed by atoms with Gasteiger partial charge in [0.05, 0.1) is 11.9 Å². The molecule has 0 unspecified atom stereocenters. The van der Waals surface area contributed by atoms with Crippen molar-refractivity contribution in [2.24, 2.45) is 0 Å². The van der Waals surface area contributed by atoms with Gasteiger partial charge in [0.15, 0.2) is 0 Å². The van der Waals surface area contributed by atoms with Crippen LogP contribution >= 0.6 is 10.7 Å². The van der Waals surface area contributed by atoms with E-state index in [4.69, 9.17) is 15.4 Å². The molecule has 0 atom stereocenters. The van der Waals surface area contributed by atoms with Gasteiger partial charge < -0.3 is 4.74 Å². The molecule has 94 valence electrons. The first-order valence-corrected chi connectivity index (χ1v) is 7.79. The second-order valence-electron chi connectivity index (χ2n) is 4.11. The topological polar surface area (TPSA) is 43.4 Å². The van der Waals surface area contributed by atoms with Gasteiger partial charge in [-0.3, -0.25) is 0 Å². The summed E-state index contributed by atoms with van der Waals surface area (Å²) < 4.78 is 40.7. The molecule has 3 nitrogen and oxygen atoms in total. The maximum Gasteiger partial charge on any atom is 0.236 e. The van der Waals surface area contributed by atoms with Crippen molar-refractivity contribution in [2.75, 3.05) is 0 Å². The average Bonchev–Trinajstić information content (AvgIpc) is 2.11. The van der Waals surface area contributed by atoms with Crippen molar-refractivity contribution in [2.45, 2.75) is 31.1 Å². The van der Waals surface area contributed by atoms with E-state index in [0.717, 1.165) is 25.3 Å². The summed E-state index contributed by atoms with van der Waals surface area (Å²) in [7, 11) is 1.46. The van der Waals surface area contributed by atoms with Crippen molar-refractivity contribution < 1.29 is 17.5 Å². The van der Waals surface area contributed by atoms with Crippen LogP contribution in [-0.2, 0) is 14.8 Å². The van der Waals surface area contributed by atoms with Crippen molar-refractivity contribution in [3.05, 3.63) is 29.6 Å². The minimum atomic E-state index is -3.72. The first-order valence-electron chi connectivity index (χ1n) is 5.31. The minimum absolute atomic E-state index is 0.109. The summed E-state index contributed by atoms with van der Waals surface area (Å²) in [5.74, 6) is -0.518. The first-order chi connectivity index (χ1) is 7.94. The highest BCUT2D eigenvalue weighted by Gasteiger charge is 2.21. The largest absolute Gasteiger partial charge is 0.490 e. The summed E-state index contributed by atoms with van der Waals surface area (Å²) in [4.78, 5) is 0. The number of rotatable bonds is 4. The van der Waals surface area contributed by atoms with Crippen molar-refractivity contribution in [1.29, 1.82) is 0 Å². The molecule has 1 fully saturated rings. The van der Waals surface area contributed by atoms with Crippen LogP contribution in [0.15, 0.2) is 18.2 Å². The van der Waals surface area contributed by atoms with Crippen LogP contribution in [-0.4, -0.2) is 14.5 Å². The van der Waals surface area contributed by atoms with E-state index in [9.17, 15) is 12.8 Å². The third-order valence-corrected chi connectivity index (χ3v) is 3.68. The van der Waals surface area contributed by atoms with E-state index in [1.807, 2.05) is 0 Å². The second-order valence-corrected chi connectivity index (χ2v) is 6.88.